The molecular weight excluding hydrogens is 278 g/mol. The van der Waals surface area contributed by atoms with Gasteiger partial charge in [0, 0.05) is 25.6 Å². The van der Waals surface area contributed by atoms with Gasteiger partial charge in [-0.3, -0.25) is 4.79 Å². The van der Waals surface area contributed by atoms with Gasteiger partial charge in [-0.15, -0.1) is 0 Å². The molecule has 118 valence electrons. The van der Waals surface area contributed by atoms with E-state index in [1.54, 1.807) is 0 Å². The number of hydrogen-bond acceptors (Lipinski definition) is 4. The van der Waals surface area contributed by atoms with Gasteiger partial charge in [-0.2, -0.15) is 0 Å². The lowest BCUT2D eigenvalue weighted by atomic mass is 9.93. The van der Waals surface area contributed by atoms with Crippen LogP contribution in [0.3, 0.4) is 0 Å². The summed E-state index contributed by atoms with van der Waals surface area (Å²) in [6, 6.07) is -0.546. The largest absolute Gasteiger partial charge is 0.479 e. The molecule has 2 heterocycles. The highest BCUT2D eigenvalue weighted by atomic mass is 16.5. The van der Waals surface area contributed by atoms with Crippen LogP contribution in [0.1, 0.15) is 26.2 Å². The average Bonchev–Trinajstić information content (AvgIpc) is 2.88. The minimum Gasteiger partial charge on any atom is -0.479 e. The maximum atomic E-state index is 12.4. The predicted molar refractivity (Wildman–Crippen MR) is 72.4 cm³/mol. The quantitative estimate of drug-likeness (QED) is 0.650. The number of carbonyl (C=O) groups excluding carboxylic acids is 2. The summed E-state index contributed by atoms with van der Waals surface area (Å²) in [5, 5.41) is 11.9. The lowest BCUT2D eigenvalue weighted by molar-refractivity contribution is -0.144. The number of carbonyl (C=O) groups is 3. The van der Waals surface area contributed by atoms with Gasteiger partial charge >= 0.3 is 12.0 Å². The Morgan fingerprint density at radius 2 is 2.10 bits per heavy atom. The fraction of sp³-hybridized carbons (Fsp3) is 0.769. The lowest BCUT2D eigenvalue weighted by Crippen LogP contribution is -2.61. The number of nitrogens with zero attached hydrogens (tertiary/aromatic N) is 1. The van der Waals surface area contributed by atoms with Crippen LogP contribution in [0.25, 0.3) is 0 Å². The zero-order valence-corrected chi connectivity index (χ0v) is 12.0. The summed E-state index contributed by atoms with van der Waals surface area (Å²) in [4.78, 5) is 36.6. The average molecular weight is 299 g/mol. The number of nitrogens with two attached hydrogens (primary N) is 1. The molecule has 0 saturated carbocycles. The third kappa shape index (κ3) is 3.10. The Morgan fingerprint density at radius 1 is 1.38 bits per heavy atom. The number of nitrogens with one attached hydrogen (secondary N) is 1. The topological polar surface area (TPSA) is 122 Å². The number of amides is 3. The number of urea groups is 1. The molecule has 3 atom stereocenters. The summed E-state index contributed by atoms with van der Waals surface area (Å²) in [7, 11) is 0. The van der Waals surface area contributed by atoms with Gasteiger partial charge in [0.25, 0.3) is 0 Å². The fourth-order valence-corrected chi connectivity index (χ4v) is 2.78. The minimum atomic E-state index is -1.38. The number of aliphatic carboxylic acids is 1. The molecule has 4 N–H and O–H groups in total. The number of rotatable bonds is 3. The normalized spacial score (nSPS) is 32.7. The molecule has 21 heavy (non-hydrogen) atoms. The Balaban J connectivity index is 2.07. The van der Waals surface area contributed by atoms with E-state index in [0.29, 0.717) is 19.4 Å². The zero-order valence-electron chi connectivity index (χ0n) is 12.0. The molecule has 0 aromatic carbocycles. The molecule has 2 aliphatic heterocycles. The van der Waals surface area contributed by atoms with Crippen LogP contribution in [0.2, 0.25) is 0 Å². The van der Waals surface area contributed by atoms with Gasteiger partial charge in [0.15, 0.2) is 5.54 Å². The van der Waals surface area contributed by atoms with Crippen LogP contribution in [0.5, 0.6) is 0 Å². The molecule has 0 spiro atoms. The van der Waals surface area contributed by atoms with Gasteiger partial charge in [0.05, 0.1) is 12.5 Å². The maximum absolute atomic E-state index is 12.4. The Labute approximate surface area is 122 Å². The molecule has 0 aliphatic carbocycles. The smallest absolute Gasteiger partial charge is 0.332 e. The number of hydrogen-bond donors (Lipinski definition) is 3. The van der Waals surface area contributed by atoms with Crippen LogP contribution >= 0.6 is 0 Å². The monoisotopic (exact) mass is 299 g/mol. The first-order valence-corrected chi connectivity index (χ1v) is 7.05. The molecule has 2 fully saturated rings. The van der Waals surface area contributed by atoms with E-state index < -0.39 is 23.4 Å². The van der Waals surface area contributed by atoms with Crippen molar-refractivity contribution in [2.45, 2.75) is 37.8 Å². The Morgan fingerprint density at radius 3 is 2.62 bits per heavy atom. The standard InChI is InChI=1S/C13H21N3O5/c1-8-2-3-9(10(14)17)6-16(8)12(20)15-13(11(18)19)4-5-21-7-13/h8-9H,2-7H2,1H3,(H2,14,17)(H,15,20)(H,18,19). The van der Waals surface area contributed by atoms with Crippen LogP contribution in [-0.4, -0.2) is 59.3 Å². The van der Waals surface area contributed by atoms with Gasteiger partial charge in [0.2, 0.25) is 5.91 Å². The molecule has 0 bridgehead atoms. The van der Waals surface area contributed by atoms with Crippen molar-refractivity contribution in [1.29, 1.82) is 0 Å². The number of carboxylic acids is 1. The van der Waals surface area contributed by atoms with Crippen LogP contribution in [0.4, 0.5) is 4.79 Å². The van der Waals surface area contributed by atoms with Crippen LogP contribution in [-0.2, 0) is 14.3 Å². The van der Waals surface area contributed by atoms with E-state index in [0.717, 1.165) is 0 Å². The highest BCUT2D eigenvalue weighted by Gasteiger charge is 2.45. The van der Waals surface area contributed by atoms with Crippen LogP contribution in [0.15, 0.2) is 0 Å². The van der Waals surface area contributed by atoms with Crippen molar-refractivity contribution in [3.63, 3.8) is 0 Å². The first-order chi connectivity index (χ1) is 9.85. The second-order valence-corrected chi connectivity index (χ2v) is 5.80. The first kappa shape index (κ1) is 15.6. The number of piperidine rings is 1. The Hall–Kier alpha value is -1.83. The first-order valence-electron chi connectivity index (χ1n) is 7.05. The van der Waals surface area contributed by atoms with Gasteiger partial charge in [-0.1, -0.05) is 0 Å². The summed E-state index contributed by atoms with van der Waals surface area (Å²) in [6.45, 7) is 2.34. The van der Waals surface area contributed by atoms with Gasteiger partial charge in [0.1, 0.15) is 0 Å². The second kappa shape index (κ2) is 5.88. The zero-order chi connectivity index (χ0) is 15.6. The van der Waals surface area contributed by atoms with E-state index in [-0.39, 0.29) is 31.5 Å². The molecule has 3 unspecified atom stereocenters. The lowest BCUT2D eigenvalue weighted by Gasteiger charge is -2.38. The third-order valence-electron chi connectivity index (χ3n) is 4.32. The Bertz CT molecular complexity index is 447. The fourth-order valence-electron chi connectivity index (χ4n) is 2.78. The number of ether oxygens (including phenoxy) is 1. The molecule has 2 aliphatic rings. The molecule has 2 rings (SSSR count). The highest BCUT2D eigenvalue weighted by molar-refractivity contribution is 5.87. The summed E-state index contributed by atoms with van der Waals surface area (Å²) in [5.74, 6) is -1.92. The number of carboxylic acid groups (broad SMARTS) is 1. The Kier molecular flexibility index (Phi) is 4.36. The maximum Gasteiger partial charge on any atom is 0.332 e. The van der Waals surface area contributed by atoms with E-state index in [4.69, 9.17) is 10.5 Å². The van der Waals surface area contributed by atoms with Crippen molar-refractivity contribution < 1.29 is 24.2 Å². The van der Waals surface area contributed by atoms with E-state index in [9.17, 15) is 19.5 Å². The van der Waals surface area contributed by atoms with E-state index in [1.807, 2.05) is 6.92 Å². The van der Waals surface area contributed by atoms with Crippen molar-refractivity contribution in [3.05, 3.63) is 0 Å². The van der Waals surface area contributed by atoms with Gasteiger partial charge in [-0.05, 0) is 19.8 Å². The third-order valence-corrected chi connectivity index (χ3v) is 4.32. The molecule has 3 amide bonds. The molecule has 0 aromatic rings. The van der Waals surface area contributed by atoms with Crippen molar-refractivity contribution >= 4 is 17.9 Å². The second-order valence-electron chi connectivity index (χ2n) is 5.80. The highest BCUT2D eigenvalue weighted by Crippen LogP contribution is 2.24. The van der Waals surface area contributed by atoms with Crippen molar-refractivity contribution in [1.82, 2.24) is 10.2 Å². The molecule has 8 nitrogen and oxygen atoms in total. The molecule has 8 heteroatoms. The molecule has 2 saturated heterocycles. The summed E-state index contributed by atoms with van der Waals surface area (Å²) in [6.07, 6.45) is 1.54. The molecule has 0 aromatic heterocycles. The summed E-state index contributed by atoms with van der Waals surface area (Å²) in [5.41, 5.74) is 3.92. The van der Waals surface area contributed by atoms with Gasteiger partial charge < -0.3 is 25.8 Å². The summed E-state index contributed by atoms with van der Waals surface area (Å²) < 4.78 is 5.11. The molecular formula is C13H21N3O5. The van der Waals surface area contributed by atoms with Crippen molar-refractivity contribution in [3.8, 4) is 0 Å². The number of primary amides is 1. The van der Waals surface area contributed by atoms with E-state index in [1.165, 1.54) is 4.90 Å². The minimum absolute atomic E-state index is 0.0461. The predicted octanol–water partition coefficient (Wildman–Crippen LogP) is -0.474. The summed E-state index contributed by atoms with van der Waals surface area (Å²) >= 11 is 0. The van der Waals surface area contributed by atoms with Gasteiger partial charge in [-0.25, -0.2) is 9.59 Å². The molecule has 0 radical (unpaired) electrons. The SMILES string of the molecule is CC1CCC(C(N)=O)CN1C(=O)NC1(C(=O)O)CCOC1. The van der Waals surface area contributed by atoms with Crippen LogP contribution in [0, 0.1) is 5.92 Å². The van der Waals surface area contributed by atoms with Crippen molar-refractivity contribution in [2.75, 3.05) is 19.8 Å². The van der Waals surface area contributed by atoms with Crippen LogP contribution < -0.4 is 11.1 Å². The number of likely N-dealkylation sites (tertiary alicyclic amines) is 1. The van der Waals surface area contributed by atoms with E-state index >= 15 is 0 Å². The van der Waals surface area contributed by atoms with E-state index in [2.05, 4.69) is 5.32 Å². The van der Waals surface area contributed by atoms with Crippen molar-refractivity contribution in [2.24, 2.45) is 11.7 Å².